The molecule has 5 nitrogen and oxygen atoms in total. The Hall–Kier alpha value is -2.17. The lowest BCUT2D eigenvalue weighted by Gasteiger charge is -2.02. The maximum atomic E-state index is 11.5. The average Bonchev–Trinajstić information content (AvgIpc) is 2.31. The standard InChI is InChI=1S/C13H16N2O3/c1-4-18-13(17)12(10(3)16)15-14-11-7-5-9(2)6-8-11/h5-8,16H,4H2,1-3H3. The Bertz CT molecular complexity index is 472. The summed E-state index contributed by atoms with van der Waals surface area (Å²) in [5, 5.41) is 17.0. The third kappa shape index (κ3) is 4.01. The third-order valence-corrected chi connectivity index (χ3v) is 2.11. The molecule has 0 aliphatic heterocycles. The molecule has 18 heavy (non-hydrogen) atoms. The SMILES string of the molecule is CCOC(=O)C(N=Nc1ccc(C)cc1)=C(C)O. The van der Waals surface area contributed by atoms with Crippen molar-refractivity contribution < 1.29 is 14.6 Å². The number of ether oxygens (including phenoxy) is 1. The molecular weight excluding hydrogens is 232 g/mol. The van der Waals surface area contributed by atoms with Crippen molar-refractivity contribution in [2.24, 2.45) is 10.2 Å². The van der Waals surface area contributed by atoms with Crippen LogP contribution in [0.25, 0.3) is 0 Å². The number of esters is 1. The Morgan fingerprint density at radius 3 is 2.44 bits per heavy atom. The molecule has 0 spiro atoms. The van der Waals surface area contributed by atoms with Crippen molar-refractivity contribution in [3.63, 3.8) is 0 Å². The van der Waals surface area contributed by atoms with Crippen LogP contribution in [0.15, 0.2) is 46.0 Å². The summed E-state index contributed by atoms with van der Waals surface area (Å²) in [6, 6.07) is 7.31. The molecule has 0 aliphatic rings. The summed E-state index contributed by atoms with van der Waals surface area (Å²) >= 11 is 0. The van der Waals surface area contributed by atoms with E-state index in [1.165, 1.54) is 6.92 Å². The molecule has 1 aromatic carbocycles. The number of benzene rings is 1. The van der Waals surface area contributed by atoms with Crippen LogP contribution in [0.5, 0.6) is 0 Å². The molecule has 0 aliphatic carbocycles. The van der Waals surface area contributed by atoms with Gasteiger partial charge in [-0.05, 0) is 32.9 Å². The van der Waals surface area contributed by atoms with Gasteiger partial charge in [0.2, 0.25) is 5.70 Å². The van der Waals surface area contributed by atoms with E-state index in [0.29, 0.717) is 5.69 Å². The molecule has 0 bridgehead atoms. The smallest absolute Gasteiger partial charge is 0.362 e. The first-order chi connectivity index (χ1) is 8.54. The summed E-state index contributed by atoms with van der Waals surface area (Å²) in [5.41, 5.74) is 1.52. The number of carbonyl (C=O) groups excluding carboxylic acids is 1. The van der Waals surface area contributed by atoms with Crippen molar-refractivity contribution >= 4 is 11.7 Å². The van der Waals surface area contributed by atoms with Gasteiger partial charge >= 0.3 is 5.97 Å². The van der Waals surface area contributed by atoms with E-state index >= 15 is 0 Å². The van der Waals surface area contributed by atoms with Crippen molar-refractivity contribution in [1.29, 1.82) is 0 Å². The van der Waals surface area contributed by atoms with E-state index in [-0.39, 0.29) is 18.1 Å². The lowest BCUT2D eigenvalue weighted by molar-refractivity contribution is -0.138. The van der Waals surface area contributed by atoms with Gasteiger partial charge in [-0.1, -0.05) is 17.7 Å². The van der Waals surface area contributed by atoms with E-state index in [4.69, 9.17) is 4.74 Å². The molecule has 1 rings (SSSR count). The van der Waals surface area contributed by atoms with Gasteiger partial charge in [-0.25, -0.2) is 4.79 Å². The largest absolute Gasteiger partial charge is 0.510 e. The summed E-state index contributed by atoms with van der Waals surface area (Å²) in [6.07, 6.45) is 0. The molecule has 0 amide bonds. The van der Waals surface area contributed by atoms with Gasteiger partial charge in [-0.3, -0.25) is 0 Å². The number of hydrogen-bond acceptors (Lipinski definition) is 5. The second-order valence-corrected chi connectivity index (χ2v) is 3.69. The molecule has 0 saturated carbocycles. The predicted octanol–water partition coefficient (Wildman–Crippen LogP) is 3.43. The van der Waals surface area contributed by atoms with Crippen molar-refractivity contribution in [2.75, 3.05) is 6.61 Å². The van der Waals surface area contributed by atoms with Crippen molar-refractivity contribution in [3.8, 4) is 0 Å². The summed E-state index contributed by atoms with van der Waals surface area (Å²) in [4.78, 5) is 11.5. The minimum absolute atomic E-state index is 0.183. The molecule has 0 heterocycles. The van der Waals surface area contributed by atoms with E-state index in [1.807, 2.05) is 19.1 Å². The van der Waals surface area contributed by atoms with Crippen LogP contribution in [-0.2, 0) is 9.53 Å². The topological polar surface area (TPSA) is 71.2 Å². The molecule has 5 heteroatoms. The first-order valence-electron chi connectivity index (χ1n) is 5.60. The van der Waals surface area contributed by atoms with E-state index in [1.54, 1.807) is 19.1 Å². The van der Waals surface area contributed by atoms with Gasteiger partial charge in [0.1, 0.15) is 5.76 Å². The highest BCUT2D eigenvalue weighted by atomic mass is 16.5. The molecular formula is C13H16N2O3. The number of azo groups is 1. The van der Waals surface area contributed by atoms with Crippen LogP contribution in [0.4, 0.5) is 5.69 Å². The fourth-order valence-corrected chi connectivity index (χ4v) is 1.18. The number of hydrogen-bond donors (Lipinski definition) is 1. The number of aliphatic hydroxyl groups excluding tert-OH is 1. The molecule has 96 valence electrons. The summed E-state index contributed by atoms with van der Waals surface area (Å²) in [6.45, 7) is 5.22. The second kappa shape index (κ2) is 6.54. The number of aryl methyl sites for hydroxylation is 1. The quantitative estimate of drug-likeness (QED) is 0.384. The molecule has 0 fully saturated rings. The average molecular weight is 248 g/mol. The highest BCUT2D eigenvalue weighted by Crippen LogP contribution is 2.16. The van der Waals surface area contributed by atoms with Gasteiger partial charge in [0.05, 0.1) is 12.3 Å². The monoisotopic (exact) mass is 248 g/mol. The van der Waals surface area contributed by atoms with Crippen LogP contribution < -0.4 is 0 Å². The number of allylic oxidation sites excluding steroid dienone is 1. The fourth-order valence-electron chi connectivity index (χ4n) is 1.18. The zero-order chi connectivity index (χ0) is 13.5. The minimum atomic E-state index is -0.687. The first-order valence-corrected chi connectivity index (χ1v) is 5.60. The first kappa shape index (κ1) is 13.9. The zero-order valence-corrected chi connectivity index (χ0v) is 10.7. The summed E-state index contributed by atoms with van der Waals surface area (Å²) in [7, 11) is 0. The Labute approximate surface area is 106 Å². The minimum Gasteiger partial charge on any atom is -0.510 e. The maximum Gasteiger partial charge on any atom is 0.362 e. The maximum absolute atomic E-state index is 11.5. The number of rotatable bonds is 4. The molecule has 0 saturated heterocycles. The van der Waals surface area contributed by atoms with Crippen LogP contribution in [0.2, 0.25) is 0 Å². The predicted molar refractivity (Wildman–Crippen MR) is 67.7 cm³/mol. The van der Waals surface area contributed by atoms with E-state index in [2.05, 4.69) is 10.2 Å². The molecule has 0 aromatic heterocycles. The van der Waals surface area contributed by atoms with Gasteiger partial charge in [0.15, 0.2) is 0 Å². The van der Waals surface area contributed by atoms with Crippen LogP contribution in [0.1, 0.15) is 19.4 Å². The van der Waals surface area contributed by atoms with Crippen molar-refractivity contribution in [2.45, 2.75) is 20.8 Å². The third-order valence-electron chi connectivity index (χ3n) is 2.11. The summed E-state index contributed by atoms with van der Waals surface area (Å²) < 4.78 is 4.76. The normalized spacial score (nSPS) is 12.4. The fraction of sp³-hybridized carbons (Fsp3) is 0.308. The highest BCUT2D eigenvalue weighted by molar-refractivity contribution is 5.88. The Balaban J connectivity index is 2.88. The molecule has 1 aromatic rings. The lowest BCUT2D eigenvalue weighted by atomic mass is 10.2. The van der Waals surface area contributed by atoms with E-state index in [0.717, 1.165) is 5.56 Å². The van der Waals surface area contributed by atoms with Crippen LogP contribution in [0, 0.1) is 6.92 Å². The number of nitrogens with zero attached hydrogens (tertiary/aromatic N) is 2. The van der Waals surface area contributed by atoms with Crippen LogP contribution >= 0.6 is 0 Å². The van der Waals surface area contributed by atoms with Crippen molar-refractivity contribution in [1.82, 2.24) is 0 Å². The Morgan fingerprint density at radius 1 is 1.33 bits per heavy atom. The molecule has 0 radical (unpaired) electrons. The highest BCUT2D eigenvalue weighted by Gasteiger charge is 2.13. The van der Waals surface area contributed by atoms with Crippen molar-refractivity contribution in [3.05, 3.63) is 41.3 Å². The van der Waals surface area contributed by atoms with Gasteiger partial charge in [0.25, 0.3) is 0 Å². The van der Waals surface area contributed by atoms with Gasteiger partial charge < -0.3 is 9.84 Å². The molecule has 0 unspecified atom stereocenters. The Morgan fingerprint density at radius 2 is 1.94 bits per heavy atom. The summed E-state index contributed by atoms with van der Waals surface area (Å²) in [5.74, 6) is -0.905. The Kier molecular flexibility index (Phi) is 5.05. The van der Waals surface area contributed by atoms with Gasteiger partial charge in [-0.2, -0.15) is 5.11 Å². The van der Waals surface area contributed by atoms with E-state index < -0.39 is 5.97 Å². The second-order valence-electron chi connectivity index (χ2n) is 3.69. The van der Waals surface area contributed by atoms with Gasteiger partial charge in [0, 0.05) is 0 Å². The zero-order valence-electron chi connectivity index (χ0n) is 10.7. The van der Waals surface area contributed by atoms with E-state index in [9.17, 15) is 9.90 Å². The number of carbonyl (C=O) groups is 1. The number of aliphatic hydroxyl groups is 1. The molecule has 0 atom stereocenters. The van der Waals surface area contributed by atoms with Crippen LogP contribution in [-0.4, -0.2) is 17.7 Å². The van der Waals surface area contributed by atoms with Gasteiger partial charge in [-0.15, -0.1) is 5.11 Å². The molecule has 1 N–H and O–H groups in total. The lowest BCUT2D eigenvalue weighted by Crippen LogP contribution is -2.07. The van der Waals surface area contributed by atoms with Crippen LogP contribution in [0.3, 0.4) is 0 Å².